The van der Waals surface area contributed by atoms with Crippen molar-refractivity contribution in [2.45, 2.75) is 50.2 Å². The average molecular weight is 540 g/mol. The Morgan fingerprint density at radius 1 is 1.33 bits per heavy atom. The fourth-order valence-electron chi connectivity index (χ4n) is 4.38. The summed E-state index contributed by atoms with van der Waals surface area (Å²) in [6.07, 6.45) is -0.789. The molecule has 1 atom stereocenters. The van der Waals surface area contributed by atoms with Crippen molar-refractivity contribution in [3.05, 3.63) is 35.4 Å². The molecule has 2 heterocycles. The Bertz CT molecular complexity index is 708. The number of hydrogen-bond acceptors (Lipinski definition) is 3. The molecule has 0 bridgehead atoms. The van der Waals surface area contributed by atoms with Crippen molar-refractivity contribution in [3.8, 4) is 0 Å². The van der Waals surface area contributed by atoms with Crippen LogP contribution in [0.15, 0.2) is 29.3 Å². The molecule has 2 aliphatic rings. The van der Waals surface area contributed by atoms with Gasteiger partial charge < -0.3 is 15.8 Å². The van der Waals surface area contributed by atoms with Gasteiger partial charge in [-0.15, -0.1) is 24.0 Å². The Balaban J connectivity index is 0.00000320. The zero-order chi connectivity index (χ0) is 20.9. The van der Waals surface area contributed by atoms with E-state index in [1.807, 2.05) is 0 Å². The van der Waals surface area contributed by atoms with Gasteiger partial charge in [0, 0.05) is 31.2 Å². The van der Waals surface area contributed by atoms with Crippen LogP contribution in [0, 0.1) is 0 Å². The molecule has 0 amide bonds. The second kappa shape index (κ2) is 11.0. The van der Waals surface area contributed by atoms with Gasteiger partial charge in [0.1, 0.15) is 0 Å². The molecule has 0 aliphatic carbocycles. The van der Waals surface area contributed by atoms with Crippen molar-refractivity contribution in [3.63, 3.8) is 0 Å². The summed E-state index contributed by atoms with van der Waals surface area (Å²) in [6.45, 7) is 6.38. The quantitative estimate of drug-likeness (QED) is 0.328. The van der Waals surface area contributed by atoms with Crippen LogP contribution >= 0.6 is 24.0 Å². The Morgan fingerprint density at radius 3 is 2.73 bits per heavy atom. The maximum atomic E-state index is 13.2. The summed E-state index contributed by atoms with van der Waals surface area (Å²) in [5.41, 5.74) is 5.63. The number of halogens is 4. The minimum atomic E-state index is -4.36. The first-order chi connectivity index (χ1) is 13.8. The van der Waals surface area contributed by atoms with Crippen LogP contribution in [0.5, 0.6) is 0 Å². The summed E-state index contributed by atoms with van der Waals surface area (Å²) < 4.78 is 45.1. The zero-order valence-electron chi connectivity index (χ0n) is 17.4. The summed E-state index contributed by atoms with van der Waals surface area (Å²) >= 11 is 0. The Hall–Kier alpha value is -1.07. The molecule has 1 aromatic carbocycles. The number of likely N-dealkylation sites (tertiary alicyclic amines) is 1. The van der Waals surface area contributed by atoms with Crippen molar-refractivity contribution in [1.82, 2.24) is 10.2 Å². The number of aliphatic imine (C=N–C) groups is 1. The number of rotatable bonds is 6. The van der Waals surface area contributed by atoms with Gasteiger partial charge in [-0.1, -0.05) is 25.1 Å². The highest BCUT2D eigenvalue weighted by atomic mass is 127. The molecule has 1 aromatic rings. The molecule has 2 fully saturated rings. The number of benzene rings is 1. The van der Waals surface area contributed by atoms with Crippen LogP contribution < -0.4 is 11.1 Å². The number of nitrogens with one attached hydrogen (secondary N) is 1. The van der Waals surface area contributed by atoms with E-state index >= 15 is 0 Å². The van der Waals surface area contributed by atoms with Crippen molar-refractivity contribution in [2.24, 2.45) is 10.7 Å². The topological polar surface area (TPSA) is 62.9 Å². The van der Waals surface area contributed by atoms with E-state index in [0.29, 0.717) is 50.2 Å². The smallest absolute Gasteiger partial charge is 0.381 e. The predicted octanol–water partition coefficient (Wildman–Crippen LogP) is 3.76. The molecule has 3 N–H and O–H groups in total. The van der Waals surface area contributed by atoms with E-state index in [1.165, 1.54) is 18.6 Å². The van der Waals surface area contributed by atoms with Crippen molar-refractivity contribution in [1.29, 1.82) is 0 Å². The second-order valence-corrected chi connectivity index (χ2v) is 7.98. The van der Waals surface area contributed by atoms with Crippen LogP contribution in [-0.2, 0) is 16.3 Å². The van der Waals surface area contributed by atoms with E-state index < -0.39 is 17.2 Å². The van der Waals surface area contributed by atoms with Gasteiger partial charge in [-0.2, -0.15) is 13.2 Å². The maximum absolute atomic E-state index is 13.2. The molecule has 0 spiro atoms. The molecule has 2 aliphatic heterocycles. The molecule has 1 unspecified atom stereocenters. The molecule has 9 heteroatoms. The molecule has 3 rings (SSSR count). The van der Waals surface area contributed by atoms with Crippen LogP contribution in [0.2, 0.25) is 0 Å². The first-order valence-corrected chi connectivity index (χ1v) is 10.4. The minimum absolute atomic E-state index is 0. The molecule has 0 aromatic heterocycles. The van der Waals surface area contributed by atoms with Crippen molar-refractivity contribution < 1.29 is 17.9 Å². The van der Waals surface area contributed by atoms with Gasteiger partial charge in [0.25, 0.3) is 0 Å². The summed E-state index contributed by atoms with van der Waals surface area (Å²) in [5, 5.41) is 3.21. The van der Waals surface area contributed by atoms with Crippen LogP contribution in [0.1, 0.15) is 43.7 Å². The predicted molar refractivity (Wildman–Crippen MR) is 123 cm³/mol. The Morgan fingerprint density at radius 2 is 2.07 bits per heavy atom. The van der Waals surface area contributed by atoms with E-state index in [0.717, 1.165) is 32.1 Å². The molecule has 30 heavy (non-hydrogen) atoms. The summed E-state index contributed by atoms with van der Waals surface area (Å²) in [5.74, 6) is 0.353. The fourth-order valence-corrected chi connectivity index (χ4v) is 4.38. The standard InChI is InChI=1S/C21H31F3N4O.HI/c1-2-28-10-4-7-18(28)14-26-19(25)27-15-20(8-11-29-12-9-20)16-5-3-6-17(13-16)21(22,23)24;/h3,5-6,13,18H,2,4,7-12,14-15H2,1H3,(H3,25,26,27);1H. The van der Waals surface area contributed by atoms with Crippen LogP contribution in [-0.4, -0.2) is 56.3 Å². The lowest BCUT2D eigenvalue weighted by Crippen LogP contribution is -2.44. The van der Waals surface area contributed by atoms with Gasteiger partial charge in [-0.25, -0.2) is 0 Å². The van der Waals surface area contributed by atoms with Gasteiger partial charge in [-0.05, 0) is 50.4 Å². The largest absolute Gasteiger partial charge is 0.416 e. The van der Waals surface area contributed by atoms with Crippen LogP contribution in [0.3, 0.4) is 0 Å². The normalized spacial score (nSPS) is 22.5. The van der Waals surface area contributed by atoms with Crippen LogP contribution in [0.25, 0.3) is 0 Å². The number of hydrogen-bond donors (Lipinski definition) is 2. The highest BCUT2D eigenvalue weighted by Gasteiger charge is 2.37. The lowest BCUT2D eigenvalue weighted by atomic mass is 9.74. The summed E-state index contributed by atoms with van der Waals surface area (Å²) in [6, 6.07) is 6.05. The first kappa shape index (κ1) is 25.2. The first-order valence-electron chi connectivity index (χ1n) is 10.4. The molecule has 5 nitrogen and oxygen atoms in total. The SMILES string of the molecule is CCN1CCCC1CNC(N)=NCC1(c2cccc(C(F)(F)F)c2)CCOCC1.I. The lowest BCUT2D eigenvalue weighted by Gasteiger charge is -2.37. The number of alkyl halides is 3. The number of ether oxygens (including phenoxy) is 1. The highest BCUT2D eigenvalue weighted by Crippen LogP contribution is 2.38. The minimum Gasteiger partial charge on any atom is -0.381 e. The van der Waals surface area contributed by atoms with Gasteiger partial charge in [0.2, 0.25) is 0 Å². The summed E-state index contributed by atoms with van der Waals surface area (Å²) in [4.78, 5) is 6.95. The number of nitrogens with two attached hydrogens (primary N) is 1. The van der Waals surface area contributed by atoms with Crippen LogP contribution in [0.4, 0.5) is 13.2 Å². The number of guanidine groups is 1. The monoisotopic (exact) mass is 540 g/mol. The van der Waals surface area contributed by atoms with Gasteiger partial charge >= 0.3 is 6.18 Å². The van der Waals surface area contributed by atoms with E-state index in [2.05, 4.69) is 22.1 Å². The Kier molecular flexibility index (Phi) is 9.23. The molecule has 0 saturated carbocycles. The summed E-state index contributed by atoms with van der Waals surface area (Å²) in [7, 11) is 0. The van der Waals surface area contributed by atoms with E-state index in [4.69, 9.17) is 10.5 Å². The molecule has 2 saturated heterocycles. The molecule has 170 valence electrons. The molecule has 0 radical (unpaired) electrons. The van der Waals surface area contributed by atoms with Crippen molar-refractivity contribution >= 4 is 29.9 Å². The maximum Gasteiger partial charge on any atom is 0.416 e. The molecular weight excluding hydrogens is 508 g/mol. The van der Waals surface area contributed by atoms with E-state index in [1.54, 1.807) is 6.07 Å². The third kappa shape index (κ3) is 6.23. The Labute approximate surface area is 193 Å². The number of nitrogens with zero attached hydrogens (tertiary/aromatic N) is 2. The van der Waals surface area contributed by atoms with Gasteiger partial charge in [0.15, 0.2) is 5.96 Å². The zero-order valence-corrected chi connectivity index (χ0v) is 19.7. The average Bonchev–Trinajstić information content (AvgIpc) is 3.18. The van der Waals surface area contributed by atoms with E-state index in [9.17, 15) is 13.2 Å². The number of likely N-dealkylation sites (N-methyl/N-ethyl adjacent to an activating group) is 1. The third-order valence-electron chi connectivity index (χ3n) is 6.23. The second-order valence-electron chi connectivity index (χ2n) is 7.98. The van der Waals surface area contributed by atoms with Gasteiger partial charge in [0.05, 0.1) is 12.1 Å². The van der Waals surface area contributed by atoms with E-state index in [-0.39, 0.29) is 24.0 Å². The molecular formula is C21H32F3IN4O. The fraction of sp³-hybridized carbons (Fsp3) is 0.667. The lowest BCUT2D eigenvalue weighted by molar-refractivity contribution is -0.137. The highest BCUT2D eigenvalue weighted by molar-refractivity contribution is 14.0. The van der Waals surface area contributed by atoms with Crippen molar-refractivity contribution in [2.75, 3.05) is 39.4 Å². The van der Waals surface area contributed by atoms with Gasteiger partial charge in [-0.3, -0.25) is 9.89 Å². The third-order valence-corrected chi connectivity index (χ3v) is 6.23.